The van der Waals surface area contributed by atoms with E-state index in [1.165, 1.54) is 60.0 Å². The van der Waals surface area contributed by atoms with E-state index in [0.29, 0.717) is 10.2 Å². The molecule has 0 radical (unpaired) electrons. The van der Waals surface area contributed by atoms with Gasteiger partial charge < -0.3 is 0 Å². The second kappa shape index (κ2) is 6.85. The van der Waals surface area contributed by atoms with Gasteiger partial charge in [-0.05, 0) is 56.2 Å². The zero-order chi connectivity index (χ0) is 19.1. The van der Waals surface area contributed by atoms with E-state index in [0.717, 1.165) is 24.0 Å². The third-order valence-corrected chi connectivity index (χ3v) is 6.11. The summed E-state index contributed by atoms with van der Waals surface area (Å²) >= 11 is 1.40. The normalized spacial score (nSPS) is 13.7. The number of fused-ring (bicyclic) bond motifs is 2. The quantitative estimate of drug-likeness (QED) is 0.647. The number of nitrogens with zero attached hydrogens (tertiary/aromatic N) is 2. The minimum absolute atomic E-state index is 0.343. The van der Waals surface area contributed by atoms with Gasteiger partial charge in [-0.3, -0.25) is 19.0 Å². The summed E-state index contributed by atoms with van der Waals surface area (Å²) in [5, 5.41) is 2.41. The van der Waals surface area contributed by atoms with E-state index in [4.69, 9.17) is 0 Å². The summed E-state index contributed by atoms with van der Waals surface area (Å²) in [6.07, 6.45) is 5.89. The fourth-order valence-corrected chi connectivity index (χ4v) is 4.83. The van der Waals surface area contributed by atoms with Gasteiger partial charge in [0.1, 0.15) is 11.2 Å². The van der Waals surface area contributed by atoms with Crippen LogP contribution in [0.3, 0.4) is 0 Å². The number of ketones is 2. The molecular formula is C21H20N2O3S. The lowest BCUT2D eigenvalue weighted by molar-refractivity contribution is -0.129. The Morgan fingerprint density at radius 3 is 2.52 bits per heavy atom. The number of carbonyl (C=O) groups is 2. The number of thiophene rings is 1. The average molecular weight is 380 g/mol. The first-order chi connectivity index (χ1) is 13.0. The van der Waals surface area contributed by atoms with Gasteiger partial charge in [0.25, 0.3) is 5.56 Å². The molecule has 0 amide bonds. The number of Topliss-reactive ketones (excluding diaryl/α,β-unsaturated/α-hetero) is 2. The second-order valence-corrected chi connectivity index (χ2v) is 7.96. The minimum Gasteiger partial charge on any atom is -0.297 e. The highest BCUT2D eigenvalue weighted by Crippen LogP contribution is 2.33. The second-order valence-electron chi connectivity index (χ2n) is 7.10. The van der Waals surface area contributed by atoms with E-state index in [1.54, 1.807) is 0 Å². The fourth-order valence-electron chi connectivity index (χ4n) is 3.92. The Kier molecular flexibility index (Phi) is 4.52. The third-order valence-electron chi connectivity index (χ3n) is 5.23. The van der Waals surface area contributed by atoms with Crippen molar-refractivity contribution in [2.45, 2.75) is 45.6 Å². The van der Waals surface area contributed by atoms with Gasteiger partial charge in [-0.25, -0.2) is 4.98 Å². The summed E-state index contributed by atoms with van der Waals surface area (Å²) in [6, 6.07) is 5.25. The highest BCUT2D eigenvalue weighted by atomic mass is 32.1. The van der Waals surface area contributed by atoms with Crippen molar-refractivity contribution in [3.05, 3.63) is 51.4 Å². The first-order valence-corrected chi connectivity index (χ1v) is 9.96. The lowest BCUT2D eigenvalue weighted by Gasteiger charge is -2.16. The average Bonchev–Trinajstić information content (AvgIpc) is 3.08. The van der Waals surface area contributed by atoms with E-state index < -0.39 is 6.04 Å². The summed E-state index contributed by atoms with van der Waals surface area (Å²) in [4.78, 5) is 42.0. The topological polar surface area (TPSA) is 69.0 Å². The van der Waals surface area contributed by atoms with Crippen LogP contribution in [0.25, 0.3) is 21.3 Å². The van der Waals surface area contributed by atoms with Crippen LogP contribution < -0.4 is 5.56 Å². The fraction of sp³-hybridized carbons (Fsp3) is 0.333. The molecule has 2 heterocycles. The Labute approximate surface area is 160 Å². The molecule has 0 aliphatic heterocycles. The van der Waals surface area contributed by atoms with Crippen molar-refractivity contribution in [1.29, 1.82) is 0 Å². The molecule has 1 aromatic carbocycles. The van der Waals surface area contributed by atoms with E-state index in [9.17, 15) is 14.4 Å². The van der Waals surface area contributed by atoms with Gasteiger partial charge in [0.05, 0.1) is 5.39 Å². The predicted octanol–water partition coefficient (Wildman–Crippen LogP) is 3.72. The minimum atomic E-state index is -1.12. The zero-order valence-corrected chi connectivity index (χ0v) is 16.1. The largest absolute Gasteiger partial charge is 0.297 e. The van der Waals surface area contributed by atoms with Gasteiger partial charge in [0, 0.05) is 10.9 Å². The molecule has 138 valence electrons. The van der Waals surface area contributed by atoms with Crippen LogP contribution in [0.1, 0.15) is 43.9 Å². The standard InChI is InChI=1S/C21H20N2O3S/c1-12(24)19(13(2)25)23-11-22-20-18(21(23)26)17(10-27-20)16-8-7-14-5-3-4-6-15(14)9-16/h7-11,19H,3-6H2,1-2H3. The maximum absolute atomic E-state index is 13.1. The summed E-state index contributed by atoms with van der Waals surface area (Å²) in [7, 11) is 0. The van der Waals surface area contributed by atoms with Crippen molar-refractivity contribution >= 4 is 33.1 Å². The van der Waals surface area contributed by atoms with Crippen LogP contribution in [0, 0.1) is 0 Å². The number of carbonyl (C=O) groups excluding carboxylic acids is 2. The molecule has 27 heavy (non-hydrogen) atoms. The molecule has 6 heteroatoms. The van der Waals surface area contributed by atoms with E-state index in [2.05, 4.69) is 23.2 Å². The molecule has 3 aromatic rings. The molecular weight excluding hydrogens is 360 g/mol. The number of hydrogen-bond acceptors (Lipinski definition) is 5. The van der Waals surface area contributed by atoms with Gasteiger partial charge in [0.15, 0.2) is 17.6 Å². The first-order valence-electron chi connectivity index (χ1n) is 9.09. The molecule has 2 aromatic heterocycles. The molecule has 1 aliphatic rings. The van der Waals surface area contributed by atoms with E-state index in [1.807, 2.05) is 5.38 Å². The first kappa shape index (κ1) is 17.8. The summed E-state index contributed by atoms with van der Waals surface area (Å²) < 4.78 is 1.17. The van der Waals surface area contributed by atoms with Crippen LogP contribution in [0.5, 0.6) is 0 Å². The van der Waals surface area contributed by atoms with Gasteiger partial charge >= 0.3 is 0 Å². The molecule has 0 fully saturated rings. The Balaban J connectivity index is 1.91. The van der Waals surface area contributed by atoms with Crippen molar-refractivity contribution < 1.29 is 9.59 Å². The number of hydrogen-bond donors (Lipinski definition) is 0. The molecule has 0 N–H and O–H groups in total. The van der Waals surface area contributed by atoms with Gasteiger partial charge in [0.2, 0.25) is 0 Å². The monoisotopic (exact) mass is 380 g/mol. The van der Waals surface area contributed by atoms with Crippen LogP contribution in [-0.2, 0) is 22.4 Å². The molecule has 0 saturated carbocycles. The van der Waals surface area contributed by atoms with Gasteiger partial charge in [-0.1, -0.05) is 18.2 Å². The number of aryl methyl sites for hydroxylation is 2. The molecule has 0 atom stereocenters. The van der Waals surface area contributed by atoms with Crippen LogP contribution >= 0.6 is 11.3 Å². The Morgan fingerprint density at radius 2 is 1.81 bits per heavy atom. The lowest BCUT2D eigenvalue weighted by Crippen LogP contribution is -2.33. The number of aromatic nitrogens is 2. The van der Waals surface area contributed by atoms with Crippen LogP contribution in [0.4, 0.5) is 0 Å². The highest BCUT2D eigenvalue weighted by Gasteiger charge is 2.25. The maximum atomic E-state index is 13.1. The Bertz CT molecular complexity index is 1110. The molecule has 0 spiro atoms. The maximum Gasteiger partial charge on any atom is 0.263 e. The van der Waals surface area contributed by atoms with E-state index >= 15 is 0 Å². The number of benzene rings is 1. The Morgan fingerprint density at radius 1 is 1.11 bits per heavy atom. The highest BCUT2D eigenvalue weighted by molar-refractivity contribution is 7.17. The van der Waals surface area contributed by atoms with Crippen LogP contribution in [0.15, 0.2) is 34.7 Å². The predicted molar refractivity (Wildman–Crippen MR) is 106 cm³/mol. The molecule has 1 aliphatic carbocycles. The summed E-state index contributed by atoms with van der Waals surface area (Å²) in [5.74, 6) is -0.729. The molecule has 5 nitrogen and oxygen atoms in total. The molecule has 0 bridgehead atoms. The van der Waals surface area contributed by atoms with Crippen molar-refractivity contribution in [1.82, 2.24) is 9.55 Å². The van der Waals surface area contributed by atoms with Gasteiger partial charge in [-0.2, -0.15) is 0 Å². The van der Waals surface area contributed by atoms with Crippen molar-refractivity contribution in [2.75, 3.05) is 0 Å². The van der Waals surface area contributed by atoms with E-state index in [-0.39, 0.29) is 17.1 Å². The smallest absolute Gasteiger partial charge is 0.263 e. The zero-order valence-electron chi connectivity index (χ0n) is 15.3. The summed E-state index contributed by atoms with van der Waals surface area (Å²) in [6.45, 7) is 2.64. The third kappa shape index (κ3) is 3.04. The molecule has 4 rings (SSSR count). The van der Waals surface area contributed by atoms with Gasteiger partial charge in [-0.15, -0.1) is 11.3 Å². The Hall–Kier alpha value is -2.60. The van der Waals surface area contributed by atoms with Crippen molar-refractivity contribution in [3.8, 4) is 11.1 Å². The van der Waals surface area contributed by atoms with Crippen molar-refractivity contribution in [3.63, 3.8) is 0 Å². The molecule has 0 saturated heterocycles. The van der Waals surface area contributed by atoms with Crippen molar-refractivity contribution in [2.24, 2.45) is 0 Å². The number of rotatable bonds is 4. The summed E-state index contributed by atoms with van der Waals surface area (Å²) in [5.41, 5.74) is 4.19. The van der Waals surface area contributed by atoms with Crippen LogP contribution in [0.2, 0.25) is 0 Å². The SMILES string of the molecule is CC(=O)C(C(C)=O)n1cnc2scc(-c3ccc4c(c3)CCCC4)c2c1=O. The van der Waals surface area contributed by atoms with Crippen LogP contribution in [-0.4, -0.2) is 21.1 Å². The lowest BCUT2D eigenvalue weighted by atomic mass is 9.89. The molecule has 0 unspecified atom stereocenters.